The summed E-state index contributed by atoms with van der Waals surface area (Å²) in [7, 11) is 0. The van der Waals surface area contributed by atoms with E-state index in [0.717, 1.165) is 27.8 Å². The van der Waals surface area contributed by atoms with Crippen LogP contribution in [-0.4, -0.2) is 35.7 Å². The number of carboxylic acid groups (broad SMARTS) is 1. The number of hydrogen-bond donors (Lipinski definition) is 3. The summed E-state index contributed by atoms with van der Waals surface area (Å²) in [6.45, 7) is 2.39. The summed E-state index contributed by atoms with van der Waals surface area (Å²) in [5.41, 5.74) is 5.60. The molecule has 3 aromatic rings. The number of alkyl carbamates (subject to hydrolysis) is 1. The van der Waals surface area contributed by atoms with Gasteiger partial charge in [0, 0.05) is 24.9 Å². The second kappa shape index (κ2) is 10.9. The van der Waals surface area contributed by atoms with E-state index < -0.39 is 12.1 Å². The van der Waals surface area contributed by atoms with Gasteiger partial charge in [-0.05, 0) is 46.4 Å². The van der Waals surface area contributed by atoms with E-state index >= 15 is 0 Å². The molecule has 0 radical (unpaired) electrons. The van der Waals surface area contributed by atoms with Crippen LogP contribution in [0.15, 0.2) is 72.8 Å². The van der Waals surface area contributed by atoms with Gasteiger partial charge in [-0.2, -0.15) is 0 Å². The fourth-order valence-electron chi connectivity index (χ4n) is 4.37. The van der Waals surface area contributed by atoms with Gasteiger partial charge < -0.3 is 20.5 Å². The monoisotopic (exact) mass is 472 g/mol. The Labute approximate surface area is 204 Å². The Bertz CT molecular complexity index is 1180. The van der Waals surface area contributed by atoms with Crippen molar-refractivity contribution < 1.29 is 24.2 Å². The minimum Gasteiger partial charge on any atom is -0.478 e. The number of nitrogens with one attached hydrogen (secondary N) is 2. The van der Waals surface area contributed by atoms with Crippen LogP contribution in [0.3, 0.4) is 0 Å². The largest absolute Gasteiger partial charge is 0.478 e. The summed E-state index contributed by atoms with van der Waals surface area (Å²) < 4.78 is 5.58. The zero-order valence-electron chi connectivity index (χ0n) is 19.5. The molecule has 0 saturated carbocycles. The SMILES string of the molecule is CC[C@@H](CC(=O)NCc1ccc(C(=O)O)cc1)NC(=O)OCC1c2ccccc2-c2ccccc21. The van der Waals surface area contributed by atoms with Gasteiger partial charge in [-0.25, -0.2) is 9.59 Å². The predicted molar refractivity (Wildman–Crippen MR) is 132 cm³/mol. The second-order valence-corrected chi connectivity index (χ2v) is 8.56. The molecule has 4 rings (SSSR count). The van der Waals surface area contributed by atoms with Crippen LogP contribution in [0.4, 0.5) is 4.79 Å². The van der Waals surface area contributed by atoms with Crippen LogP contribution < -0.4 is 10.6 Å². The highest BCUT2D eigenvalue weighted by Crippen LogP contribution is 2.44. The first-order valence-electron chi connectivity index (χ1n) is 11.7. The van der Waals surface area contributed by atoms with Crippen molar-refractivity contribution in [3.05, 3.63) is 95.1 Å². The molecule has 0 fully saturated rings. The normalized spacial score (nSPS) is 12.8. The zero-order chi connectivity index (χ0) is 24.8. The number of benzene rings is 3. The average molecular weight is 473 g/mol. The van der Waals surface area contributed by atoms with Gasteiger partial charge in [0.15, 0.2) is 0 Å². The molecule has 2 amide bonds. The molecule has 0 saturated heterocycles. The lowest BCUT2D eigenvalue weighted by molar-refractivity contribution is -0.121. The molecule has 0 bridgehead atoms. The number of hydrogen-bond acceptors (Lipinski definition) is 4. The number of amides is 2. The van der Waals surface area contributed by atoms with Gasteiger partial charge in [-0.3, -0.25) is 4.79 Å². The Hall–Kier alpha value is -4.13. The minimum atomic E-state index is -0.995. The van der Waals surface area contributed by atoms with Gasteiger partial charge >= 0.3 is 12.1 Å². The van der Waals surface area contributed by atoms with Gasteiger partial charge in [-0.15, -0.1) is 0 Å². The second-order valence-electron chi connectivity index (χ2n) is 8.56. The van der Waals surface area contributed by atoms with E-state index in [-0.39, 0.29) is 43.0 Å². The van der Waals surface area contributed by atoms with Crippen LogP contribution in [0.2, 0.25) is 0 Å². The van der Waals surface area contributed by atoms with Crippen molar-refractivity contribution >= 4 is 18.0 Å². The van der Waals surface area contributed by atoms with Crippen LogP contribution >= 0.6 is 0 Å². The van der Waals surface area contributed by atoms with Crippen LogP contribution in [0.1, 0.15) is 52.7 Å². The number of carbonyl (C=O) groups excluding carboxylic acids is 2. The minimum absolute atomic E-state index is 0.0240. The van der Waals surface area contributed by atoms with Crippen LogP contribution in [-0.2, 0) is 16.1 Å². The van der Waals surface area contributed by atoms with Crippen molar-refractivity contribution in [3.63, 3.8) is 0 Å². The lowest BCUT2D eigenvalue weighted by atomic mass is 9.98. The van der Waals surface area contributed by atoms with Crippen molar-refractivity contribution in [1.29, 1.82) is 0 Å². The maximum absolute atomic E-state index is 12.5. The van der Waals surface area contributed by atoms with Crippen LogP contribution in [0.5, 0.6) is 0 Å². The van der Waals surface area contributed by atoms with E-state index in [2.05, 4.69) is 34.9 Å². The number of carbonyl (C=O) groups is 3. The van der Waals surface area contributed by atoms with Crippen molar-refractivity contribution in [2.45, 2.75) is 38.3 Å². The lowest BCUT2D eigenvalue weighted by Gasteiger charge is -2.19. The van der Waals surface area contributed by atoms with E-state index in [1.54, 1.807) is 12.1 Å². The Morgan fingerprint density at radius 2 is 1.51 bits per heavy atom. The standard InChI is InChI=1S/C28H28N2O5/c1-2-20(15-26(31)29-16-18-11-13-19(14-12-18)27(32)33)30-28(34)35-17-25-23-9-5-3-7-21(23)22-8-4-6-10-24(22)25/h3-14,20,25H,2,15-17H2,1H3,(H,29,31)(H,30,34)(H,32,33)/t20-/m0/s1. The number of fused-ring (bicyclic) bond motifs is 3. The summed E-state index contributed by atoms with van der Waals surface area (Å²) in [5.74, 6) is -1.23. The first-order chi connectivity index (χ1) is 17.0. The van der Waals surface area contributed by atoms with Gasteiger partial charge in [0.05, 0.1) is 5.56 Å². The average Bonchev–Trinajstić information content (AvgIpc) is 3.19. The van der Waals surface area contributed by atoms with E-state index in [1.807, 2.05) is 31.2 Å². The molecule has 0 aromatic heterocycles. The Morgan fingerprint density at radius 3 is 2.09 bits per heavy atom. The third kappa shape index (κ3) is 5.69. The quantitative estimate of drug-likeness (QED) is 0.418. The smallest absolute Gasteiger partial charge is 0.407 e. The Kier molecular flexibility index (Phi) is 7.45. The third-order valence-corrected chi connectivity index (χ3v) is 6.28. The van der Waals surface area contributed by atoms with E-state index in [9.17, 15) is 14.4 Å². The Balaban J connectivity index is 1.27. The zero-order valence-corrected chi connectivity index (χ0v) is 19.5. The predicted octanol–water partition coefficient (Wildman–Crippen LogP) is 4.71. The molecule has 7 nitrogen and oxygen atoms in total. The fraction of sp³-hybridized carbons (Fsp3) is 0.250. The van der Waals surface area contributed by atoms with Gasteiger partial charge in [-0.1, -0.05) is 67.6 Å². The molecule has 3 N–H and O–H groups in total. The molecule has 0 spiro atoms. The van der Waals surface area contributed by atoms with E-state index in [4.69, 9.17) is 9.84 Å². The highest BCUT2D eigenvalue weighted by molar-refractivity contribution is 5.87. The number of ether oxygens (including phenoxy) is 1. The summed E-state index contributed by atoms with van der Waals surface area (Å²) in [5, 5.41) is 14.6. The molecule has 3 aromatic carbocycles. The molecule has 1 aliphatic carbocycles. The van der Waals surface area contributed by atoms with E-state index in [0.29, 0.717) is 6.42 Å². The van der Waals surface area contributed by atoms with Crippen molar-refractivity contribution in [3.8, 4) is 11.1 Å². The number of aromatic carboxylic acids is 1. The van der Waals surface area contributed by atoms with Gasteiger partial charge in [0.2, 0.25) is 5.91 Å². The molecular weight excluding hydrogens is 444 g/mol. The fourth-order valence-corrected chi connectivity index (χ4v) is 4.37. The molecule has 0 heterocycles. The highest BCUT2D eigenvalue weighted by Gasteiger charge is 2.29. The molecule has 180 valence electrons. The molecule has 1 aliphatic rings. The highest BCUT2D eigenvalue weighted by atomic mass is 16.5. The van der Waals surface area contributed by atoms with Crippen molar-refractivity contribution in [2.24, 2.45) is 0 Å². The van der Waals surface area contributed by atoms with E-state index in [1.165, 1.54) is 12.1 Å². The summed E-state index contributed by atoms with van der Waals surface area (Å²) in [6.07, 6.45) is 0.148. The molecule has 7 heteroatoms. The summed E-state index contributed by atoms with van der Waals surface area (Å²) >= 11 is 0. The first kappa shape index (κ1) is 24.0. The van der Waals surface area contributed by atoms with Crippen molar-refractivity contribution in [2.75, 3.05) is 6.61 Å². The third-order valence-electron chi connectivity index (χ3n) is 6.28. The lowest BCUT2D eigenvalue weighted by Crippen LogP contribution is -2.39. The molecule has 35 heavy (non-hydrogen) atoms. The molecular formula is C28H28N2O5. The number of rotatable bonds is 9. The van der Waals surface area contributed by atoms with Crippen molar-refractivity contribution in [1.82, 2.24) is 10.6 Å². The molecule has 1 atom stereocenters. The maximum atomic E-state index is 12.5. The summed E-state index contributed by atoms with van der Waals surface area (Å²) in [6, 6.07) is 22.3. The van der Waals surface area contributed by atoms with Gasteiger partial charge in [0.25, 0.3) is 0 Å². The van der Waals surface area contributed by atoms with Crippen LogP contribution in [0.25, 0.3) is 11.1 Å². The first-order valence-corrected chi connectivity index (χ1v) is 11.7. The molecule has 0 unspecified atom stereocenters. The Morgan fingerprint density at radius 1 is 0.914 bits per heavy atom. The van der Waals surface area contributed by atoms with Gasteiger partial charge in [0.1, 0.15) is 6.61 Å². The topological polar surface area (TPSA) is 105 Å². The maximum Gasteiger partial charge on any atom is 0.407 e. The summed E-state index contributed by atoms with van der Waals surface area (Å²) in [4.78, 5) is 35.9. The number of carboxylic acids is 1. The van der Waals surface area contributed by atoms with Crippen LogP contribution in [0, 0.1) is 0 Å². The molecule has 0 aliphatic heterocycles.